The van der Waals surface area contributed by atoms with Gasteiger partial charge in [0.05, 0.1) is 0 Å². The van der Waals surface area contributed by atoms with Crippen LogP contribution in [0.5, 0.6) is 0 Å². The van der Waals surface area contributed by atoms with E-state index in [0.29, 0.717) is 0 Å². The number of amides is 2. The molecule has 1 atom stereocenters. The van der Waals surface area contributed by atoms with Crippen molar-refractivity contribution in [1.29, 1.82) is 0 Å². The molecule has 0 bridgehead atoms. The first-order chi connectivity index (χ1) is 13.1. The van der Waals surface area contributed by atoms with Crippen LogP contribution in [0.1, 0.15) is 44.9 Å². The number of nitrogens with one attached hydrogen (secondary N) is 1. The van der Waals surface area contributed by atoms with Gasteiger partial charge in [-0.3, -0.25) is 9.59 Å². The number of benzene rings is 1. The zero-order valence-corrected chi connectivity index (χ0v) is 16.8. The van der Waals surface area contributed by atoms with E-state index in [4.69, 9.17) is 0 Å². The molecule has 1 spiro atoms. The van der Waals surface area contributed by atoms with Crippen LogP contribution >= 0.6 is 11.8 Å². The van der Waals surface area contributed by atoms with Crippen LogP contribution in [0, 0.1) is 11.3 Å². The summed E-state index contributed by atoms with van der Waals surface area (Å²) in [6.07, 6.45) is 11.4. The fraction of sp³-hybridized carbons (Fsp3) is 0.545. The van der Waals surface area contributed by atoms with Crippen LogP contribution in [0.2, 0.25) is 0 Å². The summed E-state index contributed by atoms with van der Waals surface area (Å²) in [5.41, 5.74) is 2.01. The summed E-state index contributed by atoms with van der Waals surface area (Å²) >= 11 is 1.70. The Labute approximate surface area is 165 Å². The SMILES string of the molecule is CSc1ccc(NC(=O)[C@@H]2CC23CCN(C(=O)C2=CCCCC2)CC3)cc1. The third-order valence-corrected chi connectivity index (χ3v) is 7.22. The molecule has 1 N–H and O–H groups in total. The Hall–Kier alpha value is -1.75. The summed E-state index contributed by atoms with van der Waals surface area (Å²) in [5.74, 6) is 0.477. The number of hydrogen-bond donors (Lipinski definition) is 1. The number of carbonyl (C=O) groups is 2. The van der Waals surface area contributed by atoms with Gasteiger partial charge in [-0.2, -0.15) is 0 Å². The van der Waals surface area contributed by atoms with Crippen molar-refractivity contribution in [3.63, 3.8) is 0 Å². The summed E-state index contributed by atoms with van der Waals surface area (Å²) in [6.45, 7) is 1.59. The summed E-state index contributed by atoms with van der Waals surface area (Å²) in [6, 6.07) is 8.01. The Bertz CT molecular complexity index is 748. The molecule has 1 aromatic rings. The van der Waals surface area contributed by atoms with Crippen LogP contribution in [0.25, 0.3) is 0 Å². The number of piperidine rings is 1. The highest BCUT2D eigenvalue weighted by Gasteiger charge is 2.58. The molecule has 1 saturated heterocycles. The molecule has 1 saturated carbocycles. The van der Waals surface area contributed by atoms with E-state index in [1.165, 1.54) is 11.3 Å². The minimum absolute atomic E-state index is 0.101. The van der Waals surface area contributed by atoms with Gasteiger partial charge in [-0.15, -0.1) is 11.8 Å². The molecule has 1 aromatic carbocycles. The van der Waals surface area contributed by atoms with Crippen molar-refractivity contribution >= 4 is 29.3 Å². The van der Waals surface area contributed by atoms with Gasteiger partial charge in [-0.1, -0.05) is 6.08 Å². The Morgan fingerprint density at radius 3 is 2.52 bits per heavy atom. The number of rotatable bonds is 4. The third kappa shape index (κ3) is 3.93. The Morgan fingerprint density at radius 1 is 1.15 bits per heavy atom. The highest BCUT2D eigenvalue weighted by Crippen LogP contribution is 2.59. The van der Waals surface area contributed by atoms with Crippen LogP contribution in [0.3, 0.4) is 0 Å². The first-order valence-electron chi connectivity index (χ1n) is 10.0. The topological polar surface area (TPSA) is 49.4 Å². The summed E-state index contributed by atoms with van der Waals surface area (Å²) in [4.78, 5) is 28.5. The zero-order chi connectivity index (χ0) is 18.9. The number of allylic oxidation sites excluding steroid dienone is 1. The maximum absolute atomic E-state index is 12.7. The minimum atomic E-state index is 0.101. The Morgan fingerprint density at radius 2 is 1.89 bits per heavy atom. The van der Waals surface area contributed by atoms with Gasteiger partial charge in [0.1, 0.15) is 0 Å². The Balaban J connectivity index is 1.30. The summed E-state index contributed by atoms with van der Waals surface area (Å²) < 4.78 is 0. The monoisotopic (exact) mass is 384 g/mol. The van der Waals surface area contributed by atoms with Crippen molar-refractivity contribution in [2.75, 3.05) is 24.7 Å². The van der Waals surface area contributed by atoms with Crippen molar-refractivity contribution < 1.29 is 9.59 Å². The van der Waals surface area contributed by atoms with Crippen LogP contribution in [0.15, 0.2) is 40.8 Å². The van der Waals surface area contributed by atoms with E-state index in [-0.39, 0.29) is 23.1 Å². The van der Waals surface area contributed by atoms with E-state index in [0.717, 1.165) is 62.9 Å². The predicted octanol–water partition coefficient (Wildman–Crippen LogP) is 4.48. The normalized spacial score (nSPS) is 23.7. The second-order valence-corrected chi connectivity index (χ2v) is 8.98. The third-order valence-electron chi connectivity index (χ3n) is 6.48. The lowest BCUT2D eigenvalue weighted by Crippen LogP contribution is -2.41. The van der Waals surface area contributed by atoms with Gasteiger partial charge in [-0.25, -0.2) is 0 Å². The molecule has 144 valence electrons. The van der Waals surface area contributed by atoms with E-state index < -0.39 is 0 Å². The summed E-state index contributed by atoms with van der Waals surface area (Å²) in [5, 5.41) is 3.07. The van der Waals surface area contributed by atoms with Gasteiger partial charge in [-0.05, 0) is 80.9 Å². The molecule has 0 unspecified atom stereocenters. The van der Waals surface area contributed by atoms with Gasteiger partial charge in [0.25, 0.3) is 0 Å². The van der Waals surface area contributed by atoms with E-state index in [2.05, 4.69) is 11.4 Å². The number of nitrogens with zero attached hydrogens (tertiary/aromatic N) is 1. The quantitative estimate of drug-likeness (QED) is 0.779. The fourth-order valence-electron chi connectivity index (χ4n) is 4.57. The molecule has 1 heterocycles. The molecule has 4 rings (SSSR count). The first-order valence-corrected chi connectivity index (χ1v) is 11.3. The fourth-order valence-corrected chi connectivity index (χ4v) is 4.97. The molecule has 0 radical (unpaired) electrons. The molecule has 0 aromatic heterocycles. The van der Waals surface area contributed by atoms with Crippen molar-refractivity contribution in [3.8, 4) is 0 Å². The van der Waals surface area contributed by atoms with Crippen LogP contribution in [-0.4, -0.2) is 36.1 Å². The molecule has 5 heteroatoms. The van der Waals surface area contributed by atoms with Gasteiger partial charge >= 0.3 is 0 Å². The standard InChI is InChI=1S/C22H28N2O2S/c1-27-18-9-7-17(8-10-18)23-20(25)19-15-22(19)11-13-24(14-12-22)21(26)16-5-3-2-4-6-16/h5,7-10,19H,2-4,6,11-15H2,1H3,(H,23,25)/t19-/m0/s1. The largest absolute Gasteiger partial charge is 0.339 e. The second kappa shape index (κ2) is 7.70. The lowest BCUT2D eigenvalue weighted by molar-refractivity contribution is -0.129. The van der Waals surface area contributed by atoms with Crippen molar-refractivity contribution in [2.45, 2.75) is 49.8 Å². The maximum Gasteiger partial charge on any atom is 0.249 e. The number of hydrogen-bond acceptors (Lipinski definition) is 3. The number of thioether (sulfide) groups is 1. The minimum Gasteiger partial charge on any atom is -0.339 e. The van der Waals surface area contributed by atoms with Gasteiger partial charge in [0.15, 0.2) is 0 Å². The number of anilines is 1. The van der Waals surface area contributed by atoms with E-state index >= 15 is 0 Å². The van der Waals surface area contributed by atoms with Gasteiger partial charge in [0, 0.05) is 35.2 Å². The number of likely N-dealkylation sites (tertiary alicyclic amines) is 1. The highest BCUT2D eigenvalue weighted by atomic mass is 32.2. The van der Waals surface area contributed by atoms with Gasteiger partial charge < -0.3 is 10.2 Å². The molecular formula is C22H28N2O2S. The van der Waals surface area contributed by atoms with Gasteiger partial charge in [0.2, 0.25) is 11.8 Å². The zero-order valence-electron chi connectivity index (χ0n) is 16.0. The molecule has 1 aliphatic heterocycles. The van der Waals surface area contributed by atoms with Crippen molar-refractivity contribution in [2.24, 2.45) is 11.3 Å². The smallest absolute Gasteiger partial charge is 0.249 e. The average Bonchev–Trinajstić information content (AvgIpc) is 3.42. The molecular weight excluding hydrogens is 356 g/mol. The lowest BCUT2D eigenvalue weighted by Gasteiger charge is -2.34. The highest BCUT2D eigenvalue weighted by molar-refractivity contribution is 7.98. The Kier molecular flexibility index (Phi) is 5.31. The van der Waals surface area contributed by atoms with E-state index in [1.807, 2.05) is 35.4 Å². The molecule has 27 heavy (non-hydrogen) atoms. The lowest BCUT2D eigenvalue weighted by atomic mass is 9.89. The molecule has 2 aliphatic carbocycles. The van der Waals surface area contributed by atoms with E-state index in [1.54, 1.807) is 11.8 Å². The molecule has 4 nitrogen and oxygen atoms in total. The number of carbonyl (C=O) groups excluding carboxylic acids is 2. The predicted molar refractivity (Wildman–Crippen MR) is 110 cm³/mol. The average molecular weight is 385 g/mol. The maximum atomic E-state index is 12.7. The molecule has 3 aliphatic rings. The van der Waals surface area contributed by atoms with Crippen molar-refractivity contribution in [1.82, 2.24) is 4.90 Å². The molecule has 2 amide bonds. The molecule has 2 fully saturated rings. The van der Waals surface area contributed by atoms with Crippen LogP contribution in [-0.2, 0) is 9.59 Å². The first kappa shape index (κ1) is 18.6. The van der Waals surface area contributed by atoms with Crippen LogP contribution in [0.4, 0.5) is 5.69 Å². The van der Waals surface area contributed by atoms with E-state index in [9.17, 15) is 9.59 Å². The van der Waals surface area contributed by atoms with Crippen LogP contribution < -0.4 is 5.32 Å². The summed E-state index contributed by atoms with van der Waals surface area (Å²) in [7, 11) is 0. The van der Waals surface area contributed by atoms with Crippen molar-refractivity contribution in [3.05, 3.63) is 35.9 Å². The second-order valence-electron chi connectivity index (χ2n) is 8.10.